The second-order valence-electron chi connectivity index (χ2n) is 6.58. The van der Waals surface area contributed by atoms with Gasteiger partial charge in [-0.1, -0.05) is 88.9 Å². The lowest BCUT2D eigenvalue weighted by atomic mass is 10.2. The average Bonchev–Trinajstić information content (AvgIpc) is 2.75. The van der Waals surface area contributed by atoms with E-state index in [0.29, 0.717) is 15.6 Å². The van der Waals surface area contributed by atoms with Crippen LogP contribution in [0.15, 0.2) is 66.7 Å². The van der Waals surface area contributed by atoms with Gasteiger partial charge in [0.15, 0.2) is 0 Å². The maximum absolute atomic E-state index is 12.8. The zero-order chi connectivity index (χ0) is 23.1. The van der Waals surface area contributed by atoms with E-state index in [1.165, 1.54) is 0 Å². The first-order valence-corrected chi connectivity index (χ1v) is 10.9. The fourth-order valence-electron chi connectivity index (χ4n) is 2.73. The van der Waals surface area contributed by atoms with Crippen molar-refractivity contribution in [2.75, 3.05) is 5.32 Å². The molecule has 0 fully saturated rings. The molecule has 1 unspecified atom stereocenters. The number of anilines is 1. The summed E-state index contributed by atoms with van der Waals surface area (Å²) >= 11 is 24.6. The van der Waals surface area contributed by atoms with Crippen molar-refractivity contribution < 1.29 is 19.1 Å². The van der Waals surface area contributed by atoms with Gasteiger partial charge in [-0.15, -0.1) is 0 Å². The van der Waals surface area contributed by atoms with Gasteiger partial charge in [-0.05, 0) is 29.8 Å². The Morgan fingerprint density at radius 3 is 1.94 bits per heavy atom. The van der Waals surface area contributed by atoms with Crippen LogP contribution in [0.2, 0.25) is 20.1 Å². The predicted molar refractivity (Wildman–Crippen MR) is 126 cm³/mol. The minimum absolute atomic E-state index is 0.0428. The Balaban J connectivity index is 1.77. The molecule has 32 heavy (non-hydrogen) atoms. The molecule has 3 aromatic carbocycles. The molecule has 0 aliphatic carbocycles. The molecule has 0 heterocycles. The third-order valence-corrected chi connectivity index (χ3v) is 5.65. The Labute approximate surface area is 205 Å². The van der Waals surface area contributed by atoms with Crippen LogP contribution in [0.4, 0.5) is 5.69 Å². The van der Waals surface area contributed by atoms with Crippen molar-refractivity contribution in [2.24, 2.45) is 0 Å². The third kappa shape index (κ3) is 6.53. The van der Waals surface area contributed by atoms with Crippen LogP contribution in [0.1, 0.15) is 11.1 Å². The molecule has 3 rings (SSSR count). The van der Waals surface area contributed by atoms with E-state index in [1.54, 1.807) is 60.7 Å². The van der Waals surface area contributed by atoms with E-state index in [2.05, 4.69) is 5.32 Å². The molecule has 1 N–H and O–H groups in total. The summed E-state index contributed by atoms with van der Waals surface area (Å²) in [6.07, 6.45) is -1.55. The molecular weight excluding hydrogens is 496 g/mol. The molecule has 166 valence electrons. The maximum atomic E-state index is 12.8. The summed E-state index contributed by atoms with van der Waals surface area (Å²) in [5.74, 6) is -1.53. The number of halogens is 4. The molecule has 0 spiro atoms. The first-order chi connectivity index (χ1) is 15.3. The monoisotopic (exact) mass is 511 g/mol. The van der Waals surface area contributed by atoms with Crippen molar-refractivity contribution in [3.05, 3.63) is 97.9 Å². The molecule has 9 heteroatoms. The molecule has 0 amide bonds. The van der Waals surface area contributed by atoms with Crippen LogP contribution in [0.3, 0.4) is 0 Å². The van der Waals surface area contributed by atoms with E-state index in [9.17, 15) is 9.59 Å². The van der Waals surface area contributed by atoms with Gasteiger partial charge < -0.3 is 14.8 Å². The number of ether oxygens (including phenoxy) is 2. The number of nitrogens with one attached hydrogen (secondary N) is 1. The summed E-state index contributed by atoms with van der Waals surface area (Å²) in [5, 5.41) is 3.90. The molecule has 5 nitrogen and oxygen atoms in total. The summed E-state index contributed by atoms with van der Waals surface area (Å²) < 4.78 is 10.7. The Bertz CT molecular complexity index is 1070. The fraction of sp³-hybridized carbons (Fsp3) is 0.130. The van der Waals surface area contributed by atoms with Gasteiger partial charge in [0.2, 0.25) is 0 Å². The Kier molecular flexibility index (Phi) is 8.65. The molecule has 0 saturated carbocycles. The highest BCUT2D eigenvalue weighted by atomic mass is 35.5. The number of hydrogen-bond donors (Lipinski definition) is 1. The van der Waals surface area contributed by atoms with Crippen LogP contribution in [0, 0.1) is 0 Å². The lowest BCUT2D eigenvalue weighted by Crippen LogP contribution is -2.36. The first-order valence-electron chi connectivity index (χ1n) is 9.38. The molecule has 0 aliphatic heterocycles. The smallest absolute Gasteiger partial charge is 0.369 e. The van der Waals surface area contributed by atoms with Crippen LogP contribution in [0.25, 0.3) is 0 Å². The topological polar surface area (TPSA) is 64.6 Å². The number of carbonyl (C=O) groups excluding carboxylic acids is 2. The van der Waals surface area contributed by atoms with Gasteiger partial charge >= 0.3 is 11.9 Å². The average molecular weight is 513 g/mol. The van der Waals surface area contributed by atoms with E-state index < -0.39 is 18.2 Å². The quantitative estimate of drug-likeness (QED) is 0.273. The molecule has 0 saturated heterocycles. The van der Waals surface area contributed by atoms with E-state index in [0.717, 1.165) is 5.56 Å². The first kappa shape index (κ1) is 24.2. The summed E-state index contributed by atoms with van der Waals surface area (Å²) in [6.45, 7) is -0.220. The zero-order valence-corrected chi connectivity index (χ0v) is 19.5. The standard InChI is InChI=1S/C23H17Cl4NO4/c24-16-8-4-9-17(25)15(16)13-31-23(30)22(28-21-18(26)10-5-11-19(21)27)32-20(29)12-14-6-2-1-3-7-14/h1-11,22,28H,12-13H2. The normalized spacial score (nSPS) is 11.5. The van der Waals surface area contributed by atoms with Crippen LogP contribution in [-0.4, -0.2) is 18.2 Å². The van der Waals surface area contributed by atoms with E-state index in [4.69, 9.17) is 55.9 Å². The summed E-state index contributed by atoms with van der Waals surface area (Å²) in [5.41, 5.74) is 1.37. The summed E-state index contributed by atoms with van der Waals surface area (Å²) in [7, 11) is 0. The number of hydrogen-bond acceptors (Lipinski definition) is 5. The van der Waals surface area contributed by atoms with Gasteiger partial charge in [-0.3, -0.25) is 4.79 Å². The summed E-state index contributed by atoms with van der Waals surface area (Å²) in [4.78, 5) is 25.3. The van der Waals surface area contributed by atoms with Gasteiger partial charge in [0.05, 0.1) is 22.2 Å². The summed E-state index contributed by atoms with van der Waals surface area (Å²) in [6, 6.07) is 18.7. The van der Waals surface area contributed by atoms with Crippen molar-refractivity contribution in [3.63, 3.8) is 0 Å². The van der Waals surface area contributed by atoms with Crippen molar-refractivity contribution in [2.45, 2.75) is 19.3 Å². The minimum atomic E-state index is -1.51. The molecular formula is C23H17Cl4NO4. The molecule has 0 bridgehead atoms. The van der Waals surface area contributed by atoms with Gasteiger partial charge in [0.25, 0.3) is 6.23 Å². The second kappa shape index (κ2) is 11.4. The Morgan fingerprint density at radius 2 is 1.34 bits per heavy atom. The van der Waals surface area contributed by atoms with Crippen LogP contribution < -0.4 is 5.32 Å². The number of rotatable bonds is 8. The third-order valence-electron chi connectivity index (χ3n) is 4.31. The fourth-order valence-corrected chi connectivity index (χ4v) is 3.74. The van der Waals surface area contributed by atoms with Gasteiger partial charge in [-0.2, -0.15) is 0 Å². The zero-order valence-electron chi connectivity index (χ0n) is 16.5. The number of para-hydroxylation sites is 1. The maximum Gasteiger partial charge on any atom is 0.369 e. The van der Waals surface area contributed by atoms with E-state index in [-0.39, 0.29) is 28.8 Å². The molecule has 0 aliphatic rings. The van der Waals surface area contributed by atoms with Crippen molar-refractivity contribution in [3.8, 4) is 0 Å². The highest BCUT2D eigenvalue weighted by Crippen LogP contribution is 2.31. The highest BCUT2D eigenvalue weighted by Gasteiger charge is 2.27. The Morgan fingerprint density at radius 1 is 0.781 bits per heavy atom. The SMILES string of the molecule is O=C(Cc1ccccc1)OC(Nc1c(Cl)cccc1Cl)C(=O)OCc1c(Cl)cccc1Cl. The highest BCUT2D eigenvalue weighted by molar-refractivity contribution is 6.39. The lowest BCUT2D eigenvalue weighted by molar-refractivity contribution is -0.166. The number of esters is 2. The number of benzene rings is 3. The van der Waals surface area contributed by atoms with Crippen molar-refractivity contribution >= 4 is 64.0 Å². The molecule has 0 radical (unpaired) electrons. The van der Waals surface area contributed by atoms with Crippen LogP contribution >= 0.6 is 46.4 Å². The molecule has 3 aromatic rings. The minimum Gasteiger partial charge on any atom is -0.457 e. The molecule has 0 aromatic heterocycles. The largest absolute Gasteiger partial charge is 0.457 e. The predicted octanol–water partition coefficient (Wildman–Crippen LogP) is 6.57. The van der Waals surface area contributed by atoms with E-state index >= 15 is 0 Å². The molecule has 1 atom stereocenters. The van der Waals surface area contributed by atoms with Crippen LogP contribution in [-0.2, 0) is 32.1 Å². The van der Waals surface area contributed by atoms with Gasteiger partial charge in [0.1, 0.15) is 6.61 Å². The number of carbonyl (C=O) groups is 2. The Hall–Kier alpha value is -2.44. The van der Waals surface area contributed by atoms with Gasteiger partial charge in [-0.25, -0.2) is 4.79 Å². The van der Waals surface area contributed by atoms with Crippen molar-refractivity contribution in [1.82, 2.24) is 0 Å². The second-order valence-corrected chi connectivity index (χ2v) is 8.21. The van der Waals surface area contributed by atoms with E-state index in [1.807, 2.05) is 6.07 Å². The van der Waals surface area contributed by atoms with Crippen molar-refractivity contribution in [1.29, 1.82) is 0 Å². The van der Waals surface area contributed by atoms with Gasteiger partial charge in [0, 0.05) is 15.6 Å². The van der Waals surface area contributed by atoms with Crippen LogP contribution in [0.5, 0.6) is 0 Å². The lowest BCUT2D eigenvalue weighted by Gasteiger charge is -2.21.